The van der Waals surface area contributed by atoms with Crippen molar-refractivity contribution in [2.75, 3.05) is 0 Å². The van der Waals surface area contributed by atoms with Crippen LogP contribution in [0.3, 0.4) is 0 Å². The maximum absolute atomic E-state index is 12.2. The van der Waals surface area contributed by atoms with Gasteiger partial charge in [0.05, 0.1) is 0 Å². The van der Waals surface area contributed by atoms with Gasteiger partial charge in [0.15, 0.2) is 0 Å². The average molecular weight is 337 g/mol. The number of nitrogens with one attached hydrogen (secondary N) is 2. The normalized spacial score (nSPS) is 10.7. The fraction of sp³-hybridized carbons (Fsp3) is 0.211. The van der Waals surface area contributed by atoms with Crippen molar-refractivity contribution in [3.8, 4) is 11.3 Å². The van der Waals surface area contributed by atoms with Gasteiger partial charge in [-0.2, -0.15) is 0 Å². The van der Waals surface area contributed by atoms with Crippen LogP contribution in [0.25, 0.3) is 11.3 Å². The number of amides is 1. The van der Waals surface area contributed by atoms with E-state index in [0.29, 0.717) is 11.3 Å². The Labute approximate surface area is 144 Å². The number of carbonyl (C=O) groups excluding carboxylic acids is 1. The minimum Gasteiger partial charge on any atom is -0.350 e. The van der Waals surface area contributed by atoms with E-state index in [0.717, 1.165) is 22.4 Å². The summed E-state index contributed by atoms with van der Waals surface area (Å²) in [6.45, 7) is 5.78. The van der Waals surface area contributed by atoms with E-state index >= 15 is 0 Å². The van der Waals surface area contributed by atoms with E-state index in [9.17, 15) is 9.59 Å². The summed E-state index contributed by atoms with van der Waals surface area (Å²) in [5.74, 6) is -0.304. The van der Waals surface area contributed by atoms with Crippen LogP contribution in [0.15, 0.2) is 45.7 Å². The van der Waals surface area contributed by atoms with E-state index in [2.05, 4.69) is 15.5 Å². The Hall–Kier alpha value is -3.15. The Balaban J connectivity index is 1.72. The molecule has 6 heteroatoms. The monoisotopic (exact) mass is 337 g/mol. The maximum atomic E-state index is 12.2. The minimum absolute atomic E-state index is 0.108. The molecule has 0 aliphatic carbocycles. The summed E-state index contributed by atoms with van der Waals surface area (Å²) < 4.78 is 5.13. The van der Waals surface area contributed by atoms with E-state index in [1.165, 1.54) is 0 Å². The number of hydrogen-bond acceptors (Lipinski definition) is 4. The van der Waals surface area contributed by atoms with Crippen LogP contribution in [0, 0.1) is 20.8 Å². The lowest BCUT2D eigenvalue weighted by Gasteiger charge is -2.06. The zero-order valence-electron chi connectivity index (χ0n) is 14.3. The molecule has 1 aromatic carbocycles. The second kappa shape index (κ2) is 6.76. The summed E-state index contributed by atoms with van der Waals surface area (Å²) in [5, 5.41) is 6.63. The lowest BCUT2D eigenvalue weighted by Crippen LogP contribution is -2.27. The number of carbonyl (C=O) groups is 1. The van der Waals surface area contributed by atoms with Gasteiger partial charge in [0.2, 0.25) is 5.76 Å². The van der Waals surface area contributed by atoms with Crippen LogP contribution in [-0.2, 0) is 6.54 Å². The number of aromatic nitrogens is 2. The highest BCUT2D eigenvalue weighted by molar-refractivity contribution is 5.92. The first-order chi connectivity index (χ1) is 11.9. The Morgan fingerprint density at radius 2 is 1.88 bits per heavy atom. The summed E-state index contributed by atoms with van der Waals surface area (Å²) in [7, 11) is 0. The molecule has 0 atom stereocenters. The molecule has 0 bridgehead atoms. The van der Waals surface area contributed by atoms with E-state index in [1.54, 1.807) is 6.07 Å². The van der Waals surface area contributed by atoms with Gasteiger partial charge in [0.25, 0.3) is 11.5 Å². The molecular formula is C19H19N3O3. The van der Waals surface area contributed by atoms with Crippen molar-refractivity contribution < 1.29 is 9.32 Å². The predicted molar refractivity (Wildman–Crippen MR) is 94.4 cm³/mol. The first-order valence-corrected chi connectivity index (χ1v) is 7.95. The summed E-state index contributed by atoms with van der Waals surface area (Å²) in [4.78, 5) is 27.0. The largest absolute Gasteiger partial charge is 0.350 e. The Morgan fingerprint density at radius 3 is 2.56 bits per heavy atom. The molecule has 2 aromatic heterocycles. The van der Waals surface area contributed by atoms with E-state index in [-0.39, 0.29) is 17.9 Å². The number of aromatic amines is 1. The quantitative estimate of drug-likeness (QED) is 0.766. The van der Waals surface area contributed by atoms with Crippen LogP contribution >= 0.6 is 0 Å². The number of H-pyrrole nitrogens is 1. The number of benzene rings is 1. The Kier molecular flexibility index (Phi) is 4.52. The highest BCUT2D eigenvalue weighted by Crippen LogP contribution is 2.19. The SMILES string of the molecule is Cc1ccc(-c2cc(C(=O)NCc3c(C)cc(C)[nH]c3=O)on2)cc1. The van der Waals surface area contributed by atoms with E-state index in [4.69, 9.17) is 4.52 Å². The van der Waals surface area contributed by atoms with Gasteiger partial charge in [-0.15, -0.1) is 0 Å². The predicted octanol–water partition coefficient (Wildman–Crippen LogP) is 2.89. The molecule has 25 heavy (non-hydrogen) atoms. The van der Waals surface area contributed by atoms with Crippen molar-refractivity contribution in [3.63, 3.8) is 0 Å². The Bertz CT molecular complexity index is 968. The summed E-state index contributed by atoms with van der Waals surface area (Å²) in [5.41, 5.74) is 4.56. The standard InChI is InChI=1S/C19H19N3O3/c1-11-4-6-14(7-5-11)16-9-17(25-22-16)19(24)20-10-15-12(2)8-13(3)21-18(15)23/h4-9H,10H2,1-3H3,(H,20,24)(H,21,23). The third-order valence-corrected chi connectivity index (χ3v) is 4.00. The van der Waals surface area contributed by atoms with Gasteiger partial charge in [-0.3, -0.25) is 9.59 Å². The van der Waals surface area contributed by atoms with Gasteiger partial charge in [0, 0.05) is 29.4 Å². The summed E-state index contributed by atoms with van der Waals surface area (Å²) >= 11 is 0. The van der Waals surface area contributed by atoms with Crippen molar-refractivity contribution in [1.82, 2.24) is 15.5 Å². The van der Waals surface area contributed by atoms with Crippen LogP contribution in [0.2, 0.25) is 0 Å². The molecule has 3 rings (SSSR count). The lowest BCUT2D eigenvalue weighted by atomic mass is 10.1. The lowest BCUT2D eigenvalue weighted by molar-refractivity contribution is 0.0914. The number of pyridine rings is 1. The van der Waals surface area contributed by atoms with Crippen LogP contribution in [0.1, 0.15) is 32.9 Å². The molecule has 6 nitrogen and oxygen atoms in total. The minimum atomic E-state index is -0.412. The fourth-order valence-electron chi connectivity index (χ4n) is 2.60. The zero-order valence-corrected chi connectivity index (χ0v) is 14.3. The van der Waals surface area contributed by atoms with Crippen molar-refractivity contribution in [2.45, 2.75) is 27.3 Å². The fourth-order valence-corrected chi connectivity index (χ4v) is 2.60. The Morgan fingerprint density at radius 1 is 1.16 bits per heavy atom. The van der Waals surface area contributed by atoms with Gasteiger partial charge in [0.1, 0.15) is 5.69 Å². The molecule has 2 N–H and O–H groups in total. The van der Waals surface area contributed by atoms with Gasteiger partial charge < -0.3 is 14.8 Å². The first-order valence-electron chi connectivity index (χ1n) is 7.95. The number of aryl methyl sites for hydroxylation is 3. The van der Waals surface area contributed by atoms with Crippen molar-refractivity contribution in [3.05, 3.63) is 74.9 Å². The molecule has 0 unspecified atom stereocenters. The maximum Gasteiger partial charge on any atom is 0.290 e. The van der Waals surface area contributed by atoms with Crippen molar-refractivity contribution >= 4 is 5.91 Å². The molecule has 0 fully saturated rings. The van der Waals surface area contributed by atoms with Crippen LogP contribution in [0.5, 0.6) is 0 Å². The number of rotatable bonds is 4. The van der Waals surface area contributed by atoms with Gasteiger partial charge in [-0.25, -0.2) is 0 Å². The molecule has 0 aliphatic heterocycles. The van der Waals surface area contributed by atoms with Gasteiger partial charge in [-0.1, -0.05) is 35.0 Å². The molecular weight excluding hydrogens is 318 g/mol. The molecule has 0 aliphatic rings. The second-order valence-electron chi connectivity index (χ2n) is 6.07. The molecule has 0 radical (unpaired) electrons. The molecule has 1 amide bonds. The molecule has 128 valence electrons. The van der Waals surface area contributed by atoms with Crippen molar-refractivity contribution in [2.24, 2.45) is 0 Å². The molecule has 0 saturated carbocycles. The van der Waals surface area contributed by atoms with Gasteiger partial charge >= 0.3 is 0 Å². The van der Waals surface area contributed by atoms with Crippen molar-refractivity contribution in [1.29, 1.82) is 0 Å². The van der Waals surface area contributed by atoms with E-state index < -0.39 is 5.91 Å². The second-order valence-corrected chi connectivity index (χ2v) is 6.07. The number of hydrogen-bond donors (Lipinski definition) is 2. The molecule has 3 aromatic rings. The first kappa shape index (κ1) is 16.7. The highest BCUT2D eigenvalue weighted by Gasteiger charge is 2.15. The van der Waals surface area contributed by atoms with Crippen LogP contribution in [0.4, 0.5) is 0 Å². The summed E-state index contributed by atoms with van der Waals surface area (Å²) in [6, 6.07) is 11.2. The number of nitrogens with zero attached hydrogens (tertiary/aromatic N) is 1. The summed E-state index contributed by atoms with van der Waals surface area (Å²) in [6.07, 6.45) is 0. The third kappa shape index (κ3) is 3.68. The van der Waals surface area contributed by atoms with Gasteiger partial charge in [-0.05, 0) is 32.4 Å². The van der Waals surface area contributed by atoms with Crippen LogP contribution < -0.4 is 10.9 Å². The smallest absolute Gasteiger partial charge is 0.290 e. The van der Waals surface area contributed by atoms with E-state index in [1.807, 2.05) is 51.1 Å². The molecule has 0 spiro atoms. The highest BCUT2D eigenvalue weighted by atomic mass is 16.5. The zero-order chi connectivity index (χ0) is 18.0. The average Bonchev–Trinajstić information content (AvgIpc) is 3.04. The third-order valence-electron chi connectivity index (χ3n) is 4.00. The molecule has 2 heterocycles. The molecule has 0 saturated heterocycles. The topological polar surface area (TPSA) is 88.0 Å². The van der Waals surface area contributed by atoms with Crippen LogP contribution in [-0.4, -0.2) is 16.0 Å².